The third kappa shape index (κ3) is 2.34. The van der Waals surface area contributed by atoms with Crippen LogP contribution in [0, 0.1) is 5.92 Å². The van der Waals surface area contributed by atoms with Crippen molar-refractivity contribution in [3.8, 4) is 0 Å². The van der Waals surface area contributed by atoms with E-state index in [-0.39, 0.29) is 17.9 Å². The Bertz CT molecular complexity index is 503. The maximum absolute atomic E-state index is 12.7. The summed E-state index contributed by atoms with van der Waals surface area (Å²) in [5.41, 5.74) is 8.03. The number of ether oxygens (including phenoxy) is 1. The average Bonchev–Trinajstić information content (AvgIpc) is 3.04. The molecule has 4 heteroatoms. The zero-order valence-electron chi connectivity index (χ0n) is 11.9. The van der Waals surface area contributed by atoms with E-state index in [2.05, 4.69) is 6.07 Å². The molecule has 0 bridgehead atoms. The highest BCUT2D eigenvalue weighted by Crippen LogP contribution is 2.39. The van der Waals surface area contributed by atoms with E-state index in [1.54, 1.807) is 0 Å². The third-order valence-electron chi connectivity index (χ3n) is 4.40. The Morgan fingerprint density at radius 2 is 2.25 bits per heavy atom. The van der Waals surface area contributed by atoms with Crippen molar-refractivity contribution >= 4 is 11.6 Å². The van der Waals surface area contributed by atoms with E-state index in [0.29, 0.717) is 19.1 Å². The van der Waals surface area contributed by atoms with Gasteiger partial charge in [-0.15, -0.1) is 0 Å². The Labute approximate surface area is 119 Å². The lowest BCUT2D eigenvalue weighted by molar-refractivity contribution is -0.122. The number of nitrogens with two attached hydrogens (primary N) is 1. The highest BCUT2D eigenvalue weighted by molar-refractivity contribution is 5.97. The van der Waals surface area contributed by atoms with E-state index in [1.807, 2.05) is 30.0 Å². The average molecular weight is 274 g/mol. The lowest BCUT2D eigenvalue weighted by Crippen LogP contribution is -2.36. The van der Waals surface area contributed by atoms with Crippen LogP contribution < -0.4 is 10.6 Å². The molecular weight excluding hydrogens is 252 g/mol. The zero-order chi connectivity index (χ0) is 14.1. The van der Waals surface area contributed by atoms with Gasteiger partial charge in [0.1, 0.15) is 0 Å². The topological polar surface area (TPSA) is 55.6 Å². The first kappa shape index (κ1) is 13.6. The van der Waals surface area contributed by atoms with Gasteiger partial charge in [-0.05, 0) is 37.9 Å². The Balaban J connectivity index is 1.82. The lowest BCUT2D eigenvalue weighted by Gasteiger charge is -2.21. The minimum Gasteiger partial charge on any atom is -0.378 e. The normalized spacial score (nSPS) is 28.7. The molecule has 1 fully saturated rings. The summed E-state index contributed by atoms with van der Waals surface area (Å²) in [5, 5.41) is 0. The molecule has 0 saturated carbocycles. The minimum absolute atomic E-state index is 0.00897. The van der Waals surface area contributed by atoms with Crippen LogP contribution in [0.5, 0.6) is 0 Å². The molecular formula is C16H22N2O2. The highest BCUT2D eigenvalue weighted by Gasteiger charge is 2.37. The van der Waals surface area contributed by atoms with Crippen LogP contribution >= 0.6 is 0 Å². The summed E-state index contributed by atoms with van der Waals surface area (Å²) in [6.07, 6.45) is 1.96. The summed E-state index contributed by atoms with van der Waals surface area (Å²) < 4.78 is 5.54. The van der Waals surface area contributed by atoms with Crippen molar-refractivity contribution in [1.82, 2.24) is 0 Å². The molecule has 2 aliphatic heterocycles. The van der Waals surface area contributed by atoms with Crippen LogP contribution in [0.3, 0.4) is 0 Å². The van der Waals surface area contributed by atoms with Gasteiger partial charge in [-0.2, -0.15) is 0 Å². The number of nitrogens with zero attached hydrogens (tertiary/aromatic N) is 1. The first-order valence-electron chi connectivity index (χ1n) is 7.42. The predicted octanol–water partition coefficient (Wildman–Crippen LogP) is 1.89. The second-order valence-corrected chi connectivity index (χ2v) is 5.86. The van der Waals surface area contributed by atoms with Crippen molar-refractivity contribution in [2.24, 2.45) is 11.7 Å². The van der Waals surface area contributed by atoms with E-state index < -0.39 is 0 Å². The van der Waals surface area contributed by atoms with E-state index in [1.165, 1.54) is 5.56 Å². The van der Waals surface area contributed by atoms with Gasteiger partial charge in [-0.1, -0.05) is 18.2 Å². The van der Waals surface area contributed by atoms with Crippen LogP contribution in [0.2, 0.25) is 0 Å². The Kier molecular flexibility index (Phi) is 3.76. The molecule has 3 unspecified atom stereocenters. The van der Waals surface area contributed by atoms with Gasteiger partial charge in [-0.25, -0.2) is 0 Å². The van der Waals surface area contributed by atoms with Gasteiger partial charge < -0.3 is 15.4 Å². The third-order valence-corrected chi connectivity index (χ3v) is 4.40. The van der Waals surface area contributed by atoms with Crippen molar-refractivity contribution < 1.29 is 9.53 Å². The molecule has 2 aliphatic rings. The zero-order valence-corrected chi connectivity index (χ0v) is 11.9. The largest absolute Gasteiger partial charge is 0.378 e. The van der Waals surface area contributed by atoms with Crippen LogP contribution in [0.25, 0.3) is 0 Å². The predicted molar refractivity (Wildman–Crippen MR) is 78.7 cm³/mol. The van der Waals surface area contributed by atoms with Crippen molar-refractivity contribution in [1.29, 1.82) is 0 Å². The van der Waals surface area contributed by atoms with Crippen molar-refractivity contribution in [3.05, 3.63) is 29.8 Å². The maximum atomic E-state index is 12.7. The Morgan fingerprint density at radius 3 is 2.95 bits per heavy atom. The van der Waals surface area contributed by atoms with Crippen LogP contribution in [-0.4, -0.2) is 31.7 Å². The second-order valence-electron chi connectivity index (χ2n) is 5.86. The Morgan fingerprint density at radius 1 is 1.45 bits per heavy atom. The summed E-state index contributed by atoms with van der Waals surface area (Å²) in [6, 6.07) is 8.20. The van der Waals surface area contributed by atoms with E-state index in [4.69, 9.17) is 10.5 Å². The SMILES string of the molecule is CC1CC(C(=O)N2CC(CCN)c3ccccc32)CO1. The number of amides is 1. The van der Waals surface area contributed by atoms with Crippen molar-refractivity contribution in [2.45, 2.75) is 31.8 Å². The molecule has 1 saturated heterocycles. The van der Waals surface area contributed by atoms with Crippen molar-refractivity contribution in [3.63, 3.8) is 0 Å². The Hall–Kier alpha value is -1.39. The summed E-state index contributed by atoms with van der Waals surface area (Å²) >= 11 is 0. The number of carbonyl (C=O) groups is 1. The molecule has 20 heavy (non-hydrogen) atoms. The molecule has 1 aromatic rings. The van der Waals surface area contributed by atoms with Crippen LogP contribution in [0.15, 0.2) is 24.3 Å². The minimum atomic E-state index is 0.00897. The maximum Gasteiger partial charge on any atom is 0.232 e. The van der Waals surface area contributed by atoms with E-state index >= 15 is 0 Å². The fourth-order valence-corrected chi connectivity index (χ4v) is 3.36. The number of fused-ring (bicyclic) bond motifs is 1. The van der Waals surface area contributed by atoms with Gasteiger partial charge >= 0.3 is 0 Å². The molecule has 2 heterocycles. The van der Waals surface area contributed by atoms with Crippen LogP contribution in [-0.2, 0) is 9.53 Å². The van der Waals surface area contributed by atoms with Crippen LogP contribution in [0.4, 0.5) is 5.69 Å². The number of anilines is 1. The summed E-state index contributed by atoms with van der Waals surface area (Å²) in [5.74, 6) is 0.593. The quantitative estimate of drug-likeness (QED) is 0.915. The van der Waals surface area contributed by atoms with Gasteiger partial charge in [-0.3, -0.25) is 4.79 Å². The molecule has 3 rings (SSSR count). The molecule has 0 spiro atoms. The molecule has 1 amide bonds. The summed E-state index contributed by atoms with van der Waals surface area (Å²) in [6.45, 7) is 4.01. The van der Waals surface area contributed by atoms with Gasteiger partial charge in [0.15, 0.2) is 0 Å². The summed E-state index contributed by atoms with van der Waals surface area (Å²) in [4.78, 5) is 14.7. The number of hydrogen-bond acceptors (Lipinski definition) is 3. The number of hydrogen-bond donors (Lipinski definition) is 1. The first-order valence-corrected chi connectivity index (χ1v) is 7.42. The molecule has 3 atom stereocenters. The first-order chi connectivity index (χ1) is 9.70. The van der Waals surface area contributed by atoms with E-state index in [9.17, 15) is 4.79 Å². The molecule has 2 N–H and O–H groups in total. The fraction of sp³-hybridized carbons (Fsp3) is 0.562. The van der Waals surface area contributed by atoms with Gasteiger partial charge in [0.2, 0.25) is 5.91 Å². The van der Waals surface area contributed by atoms with Gasteiger partial charge in [0, 0.05) is 18.2 Å². The van der Waals surface area contributed by atoms with E-state index in [0.717, 1.165) is 25.1 Å². The van der Waals surface area contributed by atoms with Crippen molar-refractivity contribution in [2.75, 3.05) is 24.6 Å². The summed E-state index contributed by atoms with van der Waals surface area (Å²) in [7, 11) is 0. The second kappa shape index (κ2) is 5.54. The lowest BCUT2D eigenvalue weighted by atomic mass is 9.98. The molecule has 0 radical (unpaired) electrons. The number of carbonyl (C=O) groups excluding carboxylic acids is 1. The molecule has 0 aliphatic carbocycles. The molecule has 1 aromatic carbocycles. The smallest absolute Gasteiger partial charge is 0.232 e. The highest BCUT2D eigenvalue weighted by atomic mass is 16.5. The monoisotopic (exact) mass is 274 g/mol. The van der Waals surface area contributed by atoms with Gasteiger partial charge in [0.05, 0.1) is 18.6 Å². The number of rotatable bonds is 3. The van der Waals surface area contributed by atoms with Crippen LogP contribution in [0.1, 0.15) is 31.2 Å². The standard InChI is InChI=1S/C16H22N2O2/c1-11-8-13(10-20-11)16(19)18-9-12(6-7-17)14-4-2-3-5-15(14)18/h2-5,11-13H,6-10,17H2,1H3. The van der Waals surface area contributed by atoms with Gasteiger partial charge in [0.25, 0.3) is 0 Å². The number of para-hydroxylation sites is 1. The number of benzene rings is 1. The molecule has 108 valence electrons. The molecule has 0 aromatic heterocycles. The molecule has 4 nitrogen and oxygen atoms in total. The fourth-order valence-electron chi connectivity index (χ4n) is 3.36.